The first kappa shape index (κ1) is 26.6. The predicted molar refractivity (Wildman–Crippen MR) is 198 cm³/mol. The second-order valence-corrected chi connectivity index (χ2v) is 12.7. The number of thiophene rings is 1. The molecule has 9 rings (SSSR count). The Morgan fingerprint density at radius 3 is 1.87 bits per heavy atom. The van der Waals surface area contributed by atoms with Gasteiger partial charge in [-0.1, -0.05) is 109 Å². The van der Waals surface area contributed by atoms with Crippen molar-refractivity contribution in [3.63, 3.8) is 0 Å². The molecule has 9 aromatic rings. The molecule has 0 bridgehead atoms. The summed E-state index contributed by atoms with van der Waals surface area (Å²) >= 11 is 1.80. The molecule has 2 nitrogen and oxygen atoms in total. The van der Waals surface area contributed by atoms with Gasteiger partial charge in [0.25, 0.3) is 0 Å². The maximum Gasteiger partial charge on any atom is 0.0909 e. The van der Waals surface area contributed by atoms with E-state index in [1.165, 1.54) is 58.6 Å². The van der Waals surface area contributed by atoms with Gasteiger partial charge in [-0.3, -0.25) is 4.98 Å². The SMILES string of the molecule is c1ccc(-c2ccc(N(c3ccc(-c4cc5ccccc5c5ccccc45)cc3)c3cccc4sc5cccnc5c34)cc2)cc1. The van der Waals surface area contributed by atoms with E-state index in [0.717, 1.165) is 22.6 Å². The van der Waals surface area contributed by atoms with Crippen molar-refractivity contribution >= 4 is 70.2 Å². The number of hydrogen-bond donors (Lipinski definition) is 0. The Morgan fingerprint density at radius 1 is 0.457 bits per heavy atom. The number of benzene rings is 7. The molecule has 0 N–H and O–H groups in total. The first-order chi connectivity index (χ1) is 22.8. The van der Waals surface area contributed by atoms with Gasteiger partial charge in [0.2, 0.25) is 0 Å². The second-order valence-electron chi connectivity index (χ2n) is 11.6. The molecule has 2 heterocycles. The molecule has 0 aliphatic carbocycles. The molecule has 0 saturated heterocycles. The van der Waals surface area contributed by atoms with Crippen LogP contribution in [0.15, 0.2) is 170 Å². The monoisotopic (exact) mass is 604 g/mol. The molecule has 216 valence electrons. The minimum atomic E-state index is 1.04. The fourth-order valence-electron chi connectivity index (χ4n) is 6.75. The quantitative estimate of drug-likeness (QED) is 0.182. The molecule has 0 fully saturated rings. The minimum absolute atomic E-state index is 1.04. The summed E-state index contributed by atoms with van der Waals surface area (Å²) in [5.74, 6) is 0. The minimum Gasteiger partial charge on any atom is -0.310 e. The third-order valence-electron chi connectivity index (χ3n) is 8.91. The Bertz CT molecular complexity index is 2510. The lowest BCUT2D eigenvalue weighted by Gasteiger charge is -2.27. The van der Waals surface area contributed by atoms with E-state index in [1.54, 1.807) is 11.3 Å². The zero-order valence-electron chi connectivity index (χ0n) is 25.0. The first-order valence-corrected chi connectivity index (χ1v) is 16.4. The average molecular weight is 605 g/mol. The first-order valence-electron chi connectivity index (χ1n) is 15.5. The lowest BCUT2D eigenvalue weighted by molar-refractivity contribution is 1.30. The van der Waals surface area contributed by atoms with Gasteiger partial charge in [-0.2, -0.15) is 0 Å². The van der Waals surface area contributed by atoms with E-state index in [-0.39, 0.29) is 0 Å². The van der Waals surface area contributed by atoms with Crippen LogP contribution in [-0.4, -0.2) is 4.98 Å². The van der Waals surface area contributed by atoms with Crippen molar-refractivity contribution in [2.24, 2.45) is 0 Å². The maximum absolute atomic E-state index is 4.84. The number of aromatic nitrogens is 1. The molecular weight excluding hydrogens is 577 g/mol. The fraction of sp³-hybridized carbons (Fsp3) is 0. The lowest BCUT2D eigenvalue weighted by atomic mass is 9.93. The summed E-state index contributed by atoms with van der Waals surface area (Å²) in [6, 6.07) is 59.0. The molecule has 46 heavy (non-hydrogen) atoms. The summed E-state index contributed by atoms with van der Waals surface area (Å²) in [5.41, 5.74) is 9.23. The van der Waals surface area contributed by atoms with Crippen LogP contribution in [0.1, 0.15) is 0 Å². The molecule has 0 spiro atoms. The number of rotatable bonds is 5. The highest BCUT2D eigenvalue weighted by Gasteiger charge is 2.19. The van der Waals surface area contributed by atoms with Crippen LogP contribution < -0.4 is 4.90 Å². The van der Waals surface area contributed by atoms with Crippen LogP contribution in [0.3, 0.4) is 0 Å². The van der Waals surface area contributed by atoms with Crippen molar-refractivity contribution in [1.82, 2.24) is 4.98 Å². The van der Waals surface area contributed by atoms with Crippen LogP contribution in [-0.2, 0) is 0 Å². The molecule has 0 amide bonds. The highest BCUT2D eigenvalue weighted by molar-refractivity contribution is 7.25. The van der Waals surface area contributed by atoms with E-state index in [2.05, 4.69) is 163 Å². The van der Waals surface area contributed by atoms with Gasteiger partial charge in [-0.15, -0.1) is 11.3 Å². The standard InChI is InChI=1S/C43H28N2S/c1-2-10-29(11-3-1)30-19-23-33(24-20-30)45(39-16-8-17-40-42(39)43-41(46-40)18-9-27-44-43)34-25-21-31(22-26-34)38-28-32-12-4-5-13-35(32)36-14-6-7-15-37(36)38/h1-28H. The molecule has 0 atom stereocenters. The van der Waals surface area contributed by atoms with E-state index in [1.807, 2.05) is 12.3 Å². The Hall–Kier alpha value is -5.77. The van der Waals surface area contributed by atoms with Crippen LogP contribution in [0.25, 0.3) is 64.1 Å². The molecular formula is C43H28N2S. The molecule has 7 aromatic carbocycles. The topological polar surface area (TPSA) is 16.1 Å². The Labute approximate surface area is 271 Å². The summed E-state index contributed by atoms with van der Waals surface area (Å²) in [4.78, 5) is 7.22. The Morgan fingerprint density at radius 2 is 1.09 bits per heavy atom. The van der Waals surface area contributed by atoms with Gasteiger partial charge in [0.05, 0.1) is 15.9 Å². The summed E-state index contributed by atoms with van der Waals surface area (Å²) in [5, 5.41) is 6.27. The van der Waals surface area contributed by atoms with Crippen LogP contribution in [0.4, 0.5) is 17.1 Å². The van der Waals surface area contributed by atoms with Crippen molar-refractivity contribution in [1.29, 1.82) is 0 Å². The smallest absolute Gasteiger partial charge is 0.0909 e. The average Bonchev–Trinajstić information content (AvgIpc) is 3.52. The van der Waals surface area contributed by atoms with E-state index in [4.69, 9.17) is 4.98 Å². The maximum atomic E-state index is 4.84. The van der Waals surface area contributed by atoms with Crippen molar-refractivity contribution in [2.75, 3.05) is 4.90 Å². The summed E-state index contributed by atoms with van der Waals surface area (Å²) < 4.78 is 2.43. The van der Waals surface area contributed by atoms with Gasteiger partial charge in [-0.25, -0.2) is 0 Å². The molecule has 2 aromatic heterocycles. The fourth-order valence-corrected chi connectivity index (χ4v) is 7.84. The van der Waals surface area contributed by atoms with Gasteiger partial charge >= 0.3 is 0 Å². The molecule has 0 saturated carbocycles. The predicted octanol–water partition coefficient (Wildman–Crippen LogP) is 12.6. The number of pyridine rings is 1. The van der Waals surface area contributed by atoms with Crippen LogP contribution in [0, 0.1) is 0 Å². The largest absolute Gasteiger partial charge is 0.310 e. The number of fused-ring (bicyclic) bond motifs is 6. The van der Waals surface area contributed by atoms with E-state index >= 15 is 0 Å². The third-order valence-corrected chi connectivity index (χ3v) is 10.0. The van der Waals surface area contributed by atoms with Crippen LogP contribution >= 0.6 is 11.3 Å². The zero-order chi connectivity index (χ0) is 30.5. The van der Waals surface area contributed by atoms with Crippen molar-refractivity contribution in [3.8, 4) is 22.3 Å². The number of hydrogen-bond acceptors (Lipinski definition) is 3. The number of nitrogens with zero attached hydrogens (tertiary/aromatic N) is 2. The highest BCUT2D eigenvalue weighted by Crippen LogP contribution is 2.45. The van der Waals surface area contributed by atoms with Gasteiger partial charge in [0.15, 0.2) is 0 Å². The van der Waals surface area contributed by atoms with Gasteiger partial charge in [0.1, 0.15) is 0 Å². The Kier molecular flexibility index (Phi) is 6.36. The third kappa shape index (κ3) is 4.44. The van der Waals surface area contributed by atoms with Crippen molar-refractivity contribution < 1.29 is 0 Å². The van der Waals surface area contributed by atoms with Gasteiger partial charge < -0.3 is 4.90 Å². The van der Waals surface area contributed by atoms with Crippen LogP contribution in [0.2, 0.25) is 0 Å². The second kappa shape index (κ2) is 11.0. The van der Waals surface area contributed by atoms with Crippen molar-refractivity contribution in [2.45, 2.75) is 0 Å². The number of anilines is 3. The van der Waals surface area contributed by atoms with E-state index in [0.29, 0.717) is 0 Å². The van der Waals surface area contributed by atoms with E-state index < -0.39 is 0 Å². The summed E-state index contributed by atoms with van der Waals surface area (Å²) in [6.45, 7) is 0. The van der Waals surface area contributed by atoms with E-state index in [9.17, 15) is 0 Å². The highest BCUT2D eigenvalue weighted by atomic mass is 32.1. The summed E-state index contributed by atoms with van der Waals surface area (Å²) in [6.07, 6.45) is 1.90. The Balaban J connectivity index is 1.22. The van der Waals surface area contributed by atoms with Crippen molar-refractivity contribution in [3.05, 3.63) is 170 Å². The van der Waals surface area contributed by atoms with Gasteiger partial charge in [0, 0.05) is 27.7 Å². The molecule has 3 heteroatoms. The summed E-state index contributed by atoms with van der Waals surface area (Å²) in [7, 11) is 0. The molecule has 0 aliphatic heterocycles. The lowest BCUT2D eigenvalue weighted by Crippen LogP contribution is -2.10. The zero-order valence-corrected chi connectivity index (χ0v) is 25.8. The van der Waals surface area contributed by atoms with Gasteiger partial charge in [-0.05, 0) is 98.4 Å². The molecule has 0 unspecified atom stereocenters. The normalized spacial score (nSPS) is 11.5. The molecule has 0 radical (unpaired) electrons. The van der Waals surface area contributed by atoms with Crippen LogP contribution in [0.5, 0.6) is 0 Å². The molecule has 0 aliphatic rings.